The average molecular weight is 745 g/mol. The van der Waals surface area contributed by atoms with Gasteiger partial charge in [0.1, 0.15) is 36.0 Å². The molecule has 53 heavy (non-hydrogen) atoms. The number of hydrogen-bond acceptors (Lipinski definition) is 11. The normalized spacial score (nSPS) is 14.2. The van der Waals surface area contributed by atoms with Crippen LogP contribution in [0.3, 0.4) is 0 Å². The number of nitrogens with one attached hydrogen (secondary N) is 6. The lowest BCUT2D eigenvalue weighted by Gasteiger charge is -2.26. The fraction of sp³-hybridized carbons (Fsp3) is 0.583. The molecule has 2 aromatic rings. The maximum atomic E-state index is 13.4. The summed E-state index contributed by atoms with van der Waals surface area (Å²) in [6.07, 6.45) is 1.01. The van der Waals surface area contributed by atoms with E-state index in [1.807, 2.05) is 12.1 Å². The number of alkyl carbamates (subject to hydrolysis) is 1. The Bertz CT molecular complexity index is 1540. The number of para-hydroxylation sites is 1. The minimum absolute atomic E-state index is 0.166. The number of ether oxygens (including phenoxy) is 2. The zero-order valence-electron chi connectivity index (χ0n) is 31.6. The number of fused-ring (bicyclic) bond motifs is 1. The third kappa shape index (κ3) is 16.0. The summed E-state index contributed by atoms with van der Waals surface area (Å²) in [4.78, 5) is 81.4. The SMILES string of the molecule is CC(C)[C@H](NC(=O)[C@H](CCCCN)NC(=O)COc1cccc2cccnc12)C(=O)NCC(=O)N[C@H](C(=O)N[C@@H](C)COC(=O)NC(C)(C)C)[C@@H](C)O. The molecular formula is C36H56N8O9. The number of benzene rings is 1. The molecule has 5 atom stereocenters. The van der Waals surface area contributed by atoms with Crippen molar-refractivity contribution >= 4 is 46.5 Å². The van der Waals surface area contributed by atoms with Gasteiger partial charge < -0.3 is 52.2 Å². The summed E-state index contributed by atoms with van der Waals surface area (Å²) >= 11 is 0. The molecule has 294 valence electrons. The lowest BCUT2D eigenvalue weighted by Crippen LogP contribution is -2.58. The Morgan fingerprint density at radius 1 is 0.849 bits per heavy atom. The molecule has 1 heterocycles. The van der Waals surface area contributed by atoms with Crippen LogP contribution in [0.4, 0.5) is 4.79 Å². The number of nitrogens with zero attached hydrogens (tertiary/aromatic N) is 1. The highest BCUT2D eigenvalue weighted by Gasteiger charge is 2.31. The maximum Gasteiger partial charge on any atom is 0.407 e. The van der Waals surface area contributed by atoms with Crippen molar-refractivity contribution in [2.45, 2.75) is 104 Å². The fourth-order valence-electron chi connectivity index (χ4n) is 4.95. The standard InChI is InChI=1S/C36H56N8O9/c1-21(2)29(33(49)39-18-27(46)42-30(23(4)45)34(50)40-22(3)19-53-35(51)44-36(5,6)7)43-32(48)25(14-8-9-16-37)41-28(47)20-52-26-15-10-12-24-13-11-17-38-31(24)26/h10-13,15,17,21-23,25,29-30,45H,8-9,14,16,18-20,37H2,1-7H3,(H,39,49)(H,40,50)(H,41,47)(H,42,46)(H,43,48)(H,44,51)/t22-,23+,25-,29-,30-/m0/s1. The monoisotopic (exact) mass is 744 g/mol. The van der Waals surface area contributed by atoms with Gasteiger partial charge in [0.15, 0.2) is 6.61 Å². The van der Waals surface area contributed by atoms with Crippen molar-refractivity contribution in [3.8, 4) is 5.75 Å². The minimum Gasteiger partial charge on any atom is -0.481 e. The van der Waals surface area contributed by atoms with E-state index >= 15 is 0 Å². The first-order valence-electron chi connectivity index (χ1n) is 17.7. The molecule has 0 radical (unpaired) electrons. The Morgan fingerprint density at radius 2 is 1.55 bits per heavy atom. The number of unbranched alkanes of at least 4 members (excludes halogenated alkanes) is 1. The molecule has 0 saturated carbocycles. The van der Waals surface area contributed by atoms with Gasteiger partial charge in [-0.1, -0.05) is 32.0 Å². The third-order valence-electron chi connectivity index (χ3n) is 7.63. The first kappa shape index (κ1) is 44.1. The number of nitrogens with two attached hydrogens (primary N) is 1. The fourth-order valence-corrected chi connectivity index (χ4v) is 4.95. The molecular weight excluding hydrogens is 688 g/mol. The predicted molar refractivity (Wildman–Crippen MR) is 197 cm³/mol. The number of aliphatic hydroxyl groups is 1. The third-order valence-corrected chi connectivity index (χ3v) is 7.63. The molecule has 0 unspecified atom stereocenters. The predicted octanol–water partition coefficient (Wildman–Crippen LogP) is 0.379. The van der Waals surface area contributed by atoms with Gasteiger partial charge >= 0.3 is 6.09 Å². The van der Waals surface area contributed by atoms with Gasteiger partial charge in [-0.25, -0.2) is 4.79 Å². The lowest BCUT2D eigenvalue weighted by atomic mass is 10.0. The number of aromatic nitrogens is 1. The van der Waals surface area contributed by atoms with Crippen LogP contribution >= 0.6 is 0 Å². The molecule has 0 spiro atoms. The van der Waals surface area contributed by atoms with E-state index in [1.54, 1.807) is 65.9 Å². The largest absolute Gasteiger partial charge is 0.481 e. The summed E-state index contributed by atoms with van der Waals surface area (Å²) in [5.74, 6) is -3.38. The van der Waals surface area contributed by atoms with E-state index in [2.05, 4.69) is 36.9 Å². The van der Waals surface area contributed by atoms with Crippen LogP contribution in [-0.4, -0.2) is 108 Å². The zero-order valence-corrected chi connectivity index (χ0v) is 31.6. The molecule has 6 amide bonds. The highest BCUT2D eigenvalue weighted by molar-refractivity contribution is 5.95. The molecule has 2 rings (SSSR count). The number of pyridine rings is 1. The summed E-state index contributed by atoms with van der Waals surface area (Å²) in [6.45, 7) is 10.9. The molecule has 0 aliphatic rings. The summed E-state index contributed by atoms with van der Waals surface area (Å²) in [6, 6.07) is 4.85. The van der Waals surface area contributed by atoms with Crippen LogP contribution in [0.5, 0.6) is 5.75 Å². The Hall–Kier alpha value is -5.03. The van der Waals surface area contributed by atoms with Crippen molar-refractivity contribution < 1.29 is 43.3 Å². The van der Waals surface area contributed by atoms with Gasteiger partial charge in [-0.2, -0.15) is 0 Å². The van der Waals surface area contributed by atoms with Crippen molar-refractivity contribution in [3.05, 3.63) is 36.5 Å². The molecule has 0 aliphatic carbocycles. The number of carbonyl (C=O) groups is 6. The molecule has 0 saturated heterocycles. The molecule has 17 heteroatoms. The van der Waals surface area contributed by atoms with Crippen molar-refractivity contribution in [1.29, 1.82) is 0 Å². The van der Waals surface area contributed by atoms with Crippen LogP contribution in [0.2, 0.25) is 0 Å². The van der Waals surface area contributed by atoms with E-state index < -0.39 is 83.9 Å². The van der Waals surface area contributed by atoms with E-state index in [-0.39, 0.29) is 19.6 Å². The molecule has 1 aromatic carbocycles. The number of carbonyl (C=O) groups excluding carboxylic acids is 6. The molecule has 0 fully saturated rings. The number of hydrogen-bond donors (Lipinski definition) is 8. The summed E-state index contributed by atoms with van der Waals surface area (Å²) in [5, 5.41) is 26.4. The minimum atomic E-state index is -1.38. The highest BCUT2D eigenvalue weighted by atomic mass is 16.5. The number of amides is 6. The number of rotatable bonds is 20. The van der Waals surface area contributed by atoms with Crippen molar-refractivity contribution in [2.24, 2.45) is 11.7 Å². The molecule has 0 bridgehead atoms. The Morgan fingerprint density at radius 3 is 2.19 bits per heavy atom. The number of aliphatic hydroxyl groups excluding tert-OH is 1. The van der Waals surface area contributed by atoms with Crippen molar-refractivity contribution in [2.75, 3.05) is 26.3 Å². The summed E-state index contributed by atoms with van der Waals surface area (Å²) < 4.78 is 10.8. The van der Waals surface area contributed by atoms with Gasteiger partial charge in [-0.05, 0) is 78.5 Å². The van der Waals surface area contributed by atoms with Gasteiger partial charge in [0.2, 0.25) is 23.6 Å². The van der Waals surface area contributed by atoms with Crippen LogP contribution in [0, 0.1) is 5.92 Å². The first-order valence-corrected chi connectivity index (χ1v) is 17.7. The average Bonchev–Trinajstić information content (AvgIpc) is 3.08. The first-order chi connectivity index (χ1) is 24.9. The quantitative estimate of drug-likeness (QED) is 0.0861. The molecule has 17 nitrogen and oxygen atoms in total. The second-order valence-electron chi connectivity index (χ2n) is 14.1. The van der Waals surface area contributed by atoms with Crippen LogP contribution in [0.25, 0.3) is 10.9 Å². The Labute approximate surface area is 310 Å². The van der Waals surface area contributed by atoms with E-state index in [0.717, 1.165) is 5.39 Å². The van der Waals surface area contributed by atoms with Gasteiger partial charge in [-0.15, -0.1) is 0 Å². The van der Waals surface area contributed by atoms with Crippen LogP contribution in [0.15, 0.2) is 36.5 Å². The van der Waals surface area contributed by atoms with Crippen LogP contribution < -0.4 is 42.4 Å². The van der Waals surface area contributed by atoms with Gasteiger partial charge in [-0.3, -0.25) is 29.0 Å². The summed E-state index contributed by atoms with van der Waals surface area (Å²) in [5.41, 5.74) is 5.71. The second kappa shape index (κ2) is 21.5. The van der Waals surface area contributed by atoms with Gasteiger partial charge in [0, 0.05) is 17.1 Å². The Balaban J connectivity index is 1.96. The van der Waals surface area contributed by atoms with E-state index in [9.17, 15) is 33.9 Å². The van der Waals surface area contributed by atoms with Crippen LogP contribution in [0.1, 0.15) is 67.7 Å². The van der Waals surface area contributed by atoms with Crippen molar-refractivity contribution in [3.63, 3.8) is 0 Å². The van der Waals surface area contributed by atoms with E-state index in [1.165, 1.54) is 6.92 Å². The maximum absolute atomic E-state index is 13.4. The van der Waals surface area contributed by atoms with E-state index in [4.69, 9.17) is 15.2 Å². The second-order valence-corrected chi connectivity index (χ2v) is 14.1. The molecule has 9 N–H and O–H groups in total. The molecule has 0 aliphatic heterocycles. The van der Waals surface area contributed by atoms with Crippen molar-refractivity contribution in [1.82, 2.24) is 36.9 Å². The Kier molecular flexibility index (Phi) is 17.9. The highest BCUT2D eigenvalue weighted by Crippen LogP contribution is 2.22. The lowest BCUT2D eigenvalue weighted by molar-refractivity contribution is -0.134. The smallest absolute Gasteiger partial charge is 0.407 e. The van der Waals surface area contributed by atoms with Crippen LogP contribution in [-0.2, 0) is 28.7 Å². The molecule has 1 aromatic heterocycles. The van der Waals surface area contributed by atoms with Gasteiger partial charge in [0.25, 0.3) is 5.91 Å². The zero-order chi connectivity index (χ0) is 39.7. The summed E-state index contributed by atoms with van der Waals surface area (Å²) in [7, 11) is 0. The van der Waals surface area contributed by atoms with Gasteiger partial charge in [0.05, 0.1) is 18.7 Å². The topological polar surface area (TPSA) is 252 Å². The van der Waals surface area contributed by atoms with E-state index in [0.29, 0.717) is 30.7 Å².